The molecule has 1 N–H and O–H groups in total. The van der Waals surface area contributed by atoms with Crippen molar-refractivity contribution in [3.05, 3.63) is 57.0 Å². The first-order valence-corrected chi connectivity index (χ1v) is 10.8. The number of likely N-dealkylation sites (tertiary alicyclic amines) is 1. The zero-order chi connectivity index (χ0) is 21.7. The molecule has 2 aromatic carbocycles. The third-order valence-corrected chi connectivity index (χ3v) is 6.81. The number of methoxy groups -OCH3 is 2. The predicted octanol–water partition coefficient (Wildman–Crippen LogP) is 3.44. The molecule has 1 unspecified atom stereocenters. The van der Waals surface area contributed by atoms with Crippen LogP contribution in [0.5, 0.6) is 11.5 Å². The van der Waals surface area contributed by atoms with E-state index >= 15 is 0 Å². The lowest BCUT2D eigenvalue weighted by Crippen LogP contribution is -2.45. The maximum absolute atomic E-state index is 13.1. The fourth-order valence-electron chi connectivity index (χ4n) is 5.02. The standard InChI is InChI=1S/C23H24ClN3O4/c1-30-20-10-13-9-19(22(28)16(13)12-21(20)31-2)26-7-5-15(6-8-26)27-18-4-3-14(24)11-17(18)25-23(27)29/h3-4,10-12,15,19H,5-9H2,1-2H3,(H,25,29). The van der Waals surface area contributed by atoms with E-state index in [-0.39, 0.29) is 23.6 Å². The molecular formula is C23H24ClN3O4. The fraction of sp³-hybridized carbons (Fsp3) is 0.391. The second kappa shape index (κ2) is 7.73. The summed E-state index contributed by atoms with van der Waals surface area (Å²) in [6, 6.07) is 9.10. The van der Waals surface area contributed by atoms with E-state index in [1.54, 1.807) is 32.4 Å². The van der Waals surface area contributed by atoms with Gasteiger partial charge in [-0.15, -0.1) is 0 Å². The Balaban J connectivity index is 1.34. The summed E-state index contributed by atoms with van der Waals surface area (Å²) >= 11 is 6.06. The van der Waals surface area contributed by atoms with E-state index in [4.69, 9.17) is 21.1 Å². The number of hydrogen-bond acceptors (Lipinski definition) is 5. The molecule has 0 spiro atoms. The van der Waals surface area contributed by atoms with Crippen molar-refractivity contribution in [1.82, 2.24) is 14.5 Å². The normalized spacial score (nSPS) is 19.7. The van der Waals surface area contributed by atoms with Crippen molar-refractivity contribution in [2.24, 2.45) is 0 Å². The molecule has 31 heavy (non-hydrogen) atoms. The van der Waals surface area contributed by atoms with E-state index in [9.17, 15) is 9.59 Å². The number of aromatic nitrogens is 2. The lowest BCUT2D eigenvalue weighted by molar-refractivity contribution is 0.0776. The van der Waals surface area contributed by atoms with Gasteiger partial charge < -0.3 is 14.5 Å². The van der Waals surface area contributed by atoms with Crippen molar-refractivity contribution in [1.29, 1.82) is 0 Å². The molecule has 0 saturated carbocycles. The number of benzene rings is 2. The lowest BCUT2D eigenvalue weighted by atomic mass is 10.0. The third kappa shape index (κ3) is 3.32. The van der Waals surface area contributed by atoms with E-state index in [0.29, 0.717) is 22.9 Å². The smallest absolute Gasteiger partial charge is 0.326 e. The topological polar surface area (TPSA) is 76.6 Å². The Kier molecular flexibility index (Phi) is 5.02. The minimum Gasteiger partial charge on any atom is -0.493 e. The highest BCUT2D eigenvalue weighted by Crippen LogP contribution is 2.37. The van der Waals surface area contributed by atoms with Crippen LogP contribution in [0.3, 0.4) is 0 Å². The molecule has 8 heteroatoms. The molecule has 1 atom stereocenters. The van der Waals surface area contributed by atoms with Gasteiger partial charge in [-0.05, 0) is 55.2 Å². The Labute approximate surface area is 184 Å². The number of rotatable bonds is 4. The second-order valence-electron chi connectivity index (χ2n) is 8.18. The van der Waals surface area contributed by atoms with Gasteiger partial charge in [-0.2, -0.15) is 0 Å². The first-order valence-electron chi connectivity index (χ1n) is 10.4. The zero-order valence-electron chi connectivity index (χ0n) is 17.5. The van der Waals surface area contributed by atoms with Crippen molar-refractivity contribution in [3.63, 3.8) is 0 Å². The molecule has 1 aromatic heterocycles. The van der Waals surface area contributed by atoms with Crippen LogP contribution in [-0.4, -0.2) is 53.6 Å². The molecule has 2 aliphatic rings. The van der Waals surface area contributed by atoms with E-state index in [1.165, 1.54) is 0 Å². The fourth-order valence-corrected chi connectivity index (χ4v) is 5.19. The van der Waals surface area contributed by atoms with Crippen LogP contribution < -0.4 is 15.2 Å². The number of nitrogens with zero attached hydrogens (tertiary/aromatic N) is 2. The highest BCUT2D eigenvalue weighted by molar-refractivity contribution is 6.31. The average Bonchev–Trinajstić information content (AvgIpc) is 3.28. The lowest BCUT2D eigenvalue weighted by Gasteiger charge is -2.35. The minimum atomic E-state index is -0.175. The summed E-state index contributed by atoms with van der Waals surface area (Å²) in [5.74, 6) is 1.35. The molecule has 1 fully saturated rings. The van der Waals surface area contributed by atoms with Crippen LogP contribution in [0.2, 0.25) is 5.02 Å². The number of nitrogens with one attached hydrogen (secondary N) is 1. The number of carbonyl (C=O) groups is 1. The number of aromatic amines is 1. The van der Waals surface area contributed by atoms with Crippen molar-refractivity contribution >= 4 is 28.4 Å². The Bertz CT molecular complexity index is 1220. The van der Waals surface area contributed by atoms with Crippen molar-refractivity contribution in [2.45, 2.75) is 31.3 Å². The van der Waals surface area contributed by atoms with Crippen LogP contribution >= 0.6 is 11.6 Å². The molecule has 3 aromatic rings. The van der Waals surface area contributed by atoms with Crippen LogP contribution in [0, 0.1) is 0 Å². The highest BCUT2D eigenvalue weighted by Gasteiger charge is 2.38. The molecule has 7 nitrogen and oxygen atoms in total. The summed E-state index contributed by atoms with van der Waals surface area (Å²) in [5.41, 5.74) is 3.23. The maximum atomic E-state index is 13.1. The summed E-state index contributed by atoms with van der Waals surface area (Å²) in [5, 5.41) is 0.600. The summed E-state index contributed by atoms with van der Waals surface area (Å²) in [6.07, 6.45) is 2.29. The van der Waals surface area contributed by atoms with Gasteiger partial charge in [0.2, 0.25) is 0 Å². The van der Waals surface area contributed by atoms with E-state index in [0.717, 1.165) is 48.1 Å². The van der Waals surface area contributed by atoms with Gasteiger partial charge in [0.1, 0.15) is 0 Å². The Morgan fingerprint density at radius 2 is 1.74 bits per heavy atom. The minimum absolute atomic E-state index is 0.0951. The monoisotopic (exact) mass is 441 g/mol. The number of Topliss-reactive ketones (excluding diaryl/α,β-unsaturated/α-hetero) is 1. The molecule has 1 aliphatic heterocycles. The molecule has 1 saturated heterocycles. The van der Waals surface area contributed by atoms with Gasteiger partial charge in [0.05, 0.1) is 31.3 Å². The van der Waals surface area contributed by atoms with Gasteiger partial charge in [-0.3, -0.25) is 14.3 Å². The van der Waals surface area contributed by atoms with Gasteiger partial charge in [0.15, 0.2) is 17.3 Å². The predicted molar refractivity (Wildman–Crippen MR) is 119 cm³/mol. The Morgan fingerprint density at radius 3 is 2.45 bits per heavy atom. The SMILES string of the molecule is COc1cc2c(cc1OC)C(=O)C(N1CCC(n3c(=O)[nH]c4cc(Cl)ccc43)CC1)C2. The molecule has 1 aliphatic carbocycles. The summed E-state index contributed by atoms with van der Waals surface area (Å²) in [7, 11) is 3.18. The number of imidazole rings is 1. The van der Waals surface area contributed by atoms with Gasteiger partial charge in [0.25, 0.3) is 0 Å². The van der Waals surface area contributed by atoms with E-state index in [1.807, 2.05) is 16.7 Å². The van der Waals surface area contributed by atoms with E-state index < -0.39 is 0 Å². The molecule has 0 bridgehead atoms. The van der Waals surface area contributed by atoms with Gasteiger partial charge >= 0.3 is 5.69 Å². The van der Waals surface area contributed by atoms with Gasteiger partial charge in [-0.1, -0.05) is 11.6 Å². The van der Waals surface area contributed by atoms with Crippen LogP contribution in [0.25, 0.3) is 11.0 Å². The number of carbonyl (C=O) groups excluding carboxylic acids is 1. The van der Waals surface area contributed by atoms with E-state index in [2.05, 4.69) is 9.88 Å². The number of piperidine rings is 1. The van der Waals surface area contributed by atoms with Crippen molar-refractivity contribution < 1.29 is 14.3 Å². The Hall–Kier alpha value is -2.77. The number of fused-ring (bicyclic) bond motifs is 2. The Morgan fingerprint density at radius 1 is 1.03 bits per heavy atom. The molecule has 162 valence electrons. The quantitative estimate of drug-likeness (QED) is 0.671. The van der Waals surface area contributed by atoms with Crippen LogP contribution in [0.1, 0.15) is 34.8 Å². The number of hydrogen-bond donors (Lipinski definition) is 1. The second-order valence-corrected chi connectivity index (χ2v) is 8.61. The van der Waals surface area contributed by atoms with Gasteiger partial charge in [-0.25, -0.2) is 4.79 Å². The molecule has 0 amide bonds. The van der Waals surface area contributed by atoms with Crippen molar-refractivity contribution in [2.75, 3.05) is 27.3 Å². The number of ketones is 1. The summed E-state index contributed by atoms with van der Waals surface area (Å²) in [6.45, 7) is 1.52. The largest absolute Gasteiger partial charge is 0.493 e. The molecule has 5 rings (SSSR count). The maximum Gasteiger partial charge on any atom is 0.326 e. The van der Waals surface area contributed by atoms with Crippen LogP contribution in [0.15, 0.2) is 35.1 Å². The molecule has 2 heterocycles. The summed E-state index contributed by atoms with van der Waals surface area (Å²) < 4.78 is 12.6. The third-order valence-electron chi connectivity index (χ3n) is 6.57. The first-order chi connectivity index (χ1) is 15.0. The van der Waals surface area contributed by atoms with Crippen molar-refractivity contribution in [3.8, 4) is 11.5 Å². The number of H-pyrrole nitrogens is 1. The zero-order valence-corrected chi connectivity index (χ0v) is 18.2. The molecular weight excluding hydrogens is 418 g/mol. The van der Waals surface area contributed by atoms with Crippen LogP contribution in [-0.2, 0) is 6.42 Å². The number of ether oxygens (including phenoxy) is 2. The molecule has 0 radical (unpaired) electrons. The van der Waals surface area contributed by atoms with Crippen LogP contribution in [0.4, 0.5) is 0 Å². The number of halogens is 1. The average molecular weight is 442 g/mol. The first kappa shape index (κ1) is 20.2. The highest BCUT2D eigenvalue weighted by atomic mass is 35.5. The van der Waals surface area contributed by atoms with Gasteiger partial charge in [0, 0.05) is 29.7 Å². The summed E-state index contributed by atoms with van der Waals surface area (Å²) in [4.78, 5) is 30.9.